The van der Waals surface area contributed by atoms with Crippen LogP contribution in [0, 0.1) is 0 Å². The van der Waals surface area contributed by atoms with E-state index < -0.39 is 0 Å². The first-order chi connectivity index (χ1) is 10.1. The van der Waals surface area contributed by atoms with E-state index >= 15 is 0 Å². The topological polar surface area (TPSA) is 50.9 Å². The number of pyridine rings is 1. The summed E-state index contributed by atoms with van der Waals surface area (Å²) in [5.74, 6) is 0. The summed E-state index contributed by atoms with van der Waals surface area (Å²) in [6, 6.07) is 8.33. The van der Waals surface area contributed by atoms with Crippen molar-refractivity contribution in [1.82, 2.24) is 4.98 Å². The van der Waals surface area contributed by atoms with Gasteiger partial charge in [-0.3, -0.25) is 4.98 Å². The fraction of sp³-hybridized carbons (Fsp3) is 0.471. The van der Waals surface area contributed by atoms with Crippen LogP contribution in [0.1, 0.15) is 39.5 Å². The number of halogens is 1. The van der Waals surface area contributed by atoms with Gasteiger partial charge in [0.2, 0.25) is 0 Å². The van der Waals surface area contributed by atoms with Gasteiger partial charge in [0, 0.05) is 28.1 Å². The van der Waals surface area contributed by atoms with Crippen molar-refractivity contribution in [3.05, 3.63) is 34.9 Å². The Morgan fingerprint density at radius 3 is 2.81 bits per heavy atom. The van der Waals surface area contributed by atoms with Gasteiger partial charge >= 0.3 is 0 Å². The summed E-state index contributed by atoms with van der Waals surface area (Å²) < 4.78 is 0.999. The molecule has 0 aliphatic rings. The second kappa shape index (κ2) is 7.23. The Balaban J connectivity index is 2.36. The standard InChI is InChI=1S/C17H24BrN3/c1-3-5-9-17(4-2,12-19)21-15-8-6-7-13-10-14(18)11-20-16(13)15/h6-8,10-11,21H,3-5,9,12,19H2,1-2H3. The van der Waals surface area contributed by atoms with E-state index in [4.69, 9.17) is 5.73 Å². The number of anilines is 1. The van der Waals surface area contributed by atoms with Crippen molar-refractivity contribution >= 4 is 32.5 Å². The minimum Gasteiger partial charge on any atom is -0.377 e. The first kappa shape index (κ1) is 16.2. The average Bonchev–Trinajstić information content (AvgIpc) is 2.51. The van der Waals surface area contributed by atoms with E-state index in [2.05, 4.69) is 64.3 Å². The molecule has 1 aromatic heterocycles. The minimum atomic E-state index is -0.0426. The van der Waals surface area contributed by atoms with Crippen LogP contribution in [0.5, 0.6) is 0 Å². The number of aromatic nitrogens is 1. The van der Waals surface area contributed by atoms with E-state index in [0.29, 0.717) is 6.54 Å². The third-order valence-electron chi connectivity index (χ3n) is 4.15. The fourth-order valence-corrected chi connectivity index (χ4v) is 3.01. The molecule has 1 aromatic carbocycles. The van der Waals surface area contributed by atoms with E-state index in [0.717, 1.165) is 33.9 Å². The molecule has 2 aromatic rings. The number of rotatable bonds is 7. The molecule has 0 bridgehead atoms. The molecule has 1 heterocycles. The van der Waals surface area contributed by atoms with Crippen molar-refractivity contribution < 1.29 is 0 Å². The van der Waals surface area contributed by atoms with Crippen molar-refractivity contribution in [1.29, 1.82) is 0 Å². The first-order valence-corrected chi connectivity index (χ1v) is 8.46. The predicted molar refractivity (Wildman–Crippen MR) is 94.7 cm³/mol. The Morgan fingerprint density at radius 1 is 1.33 bits per heavy atom. The lowest BCUT2D eigenvalue weighted by Crippen LogP contribution is -2.45. The summed E-state index contributed by atoms with van der Waals surface area (Å²) in [6.07, 6.45) is 6.31. The lowest BCUT2D eigenvalue weighted by Gasteiger charge is -2.34. The molecule has 3 nitrogen and oxygen atoms in total. The Morgan fingerprint density at radius 2 is 2.14 bits per heavy atom. The van der Waals surface area contributed by atoms with E-state index in [1.165, 1.54) is 12.8 Å². The highest BCUT2D eigenvalue weighted by Crippen LogP contribution is 2.29. The second-order valence-electron chi connectivity index (χ2n) is 5.60. The van der Waals surface area contributed by atoms with Crippen LogP contribution in [0.2, 0.25) is 0 Å². The molecule has 0 saturated heterocycles. The summed E-state index contributed by atoms with van der Waals surface area (Å²) in [5.41, 5.74) is 8.12. The molecule has 0 radical (unpaired) electrons. The monoisotopic (exact) mass is 349 g/mol. The third-order valence-corrected chi connectivity index (χ3v) is 4.59. The number of nitrogens with two attached hydrogens (primary N) is 1. The van der Waals surface area contributed by atoms with Crippen LogP contribution in [0.3, 0.4) is 0 Å². The molecule has 114 valence electrons. The number of hydrogen-bond acceptors (Lipinski definition) is 3. The maximum absolute atomic E-state index is 6.08. The number of para-hydroxylation sites is 1. The molecule has 0 fully saturated rings. The SMILES string of the molecule is CCCCC(CC)(CN)Nc1cccc2cc(Br)cnc12. The fourth-order valence-electron chi connectivity index (χ4n) is 2.66. The Labute approximate surface area is 135 Å². The van der Waals surface area contributed by atoms with Crippen LogP contribution >= 0.6 is 15.9 Å². The molecule has 0 amide bonds. The third kappa shape index (κ3) is 3.74. The van der Waals surface area contributed by atoms with Crippen molar-refractivity contribution in [2.24, 2.45) is 5.73 Å². The summed E-state index contributed by atoms with van der Waals surface area (Å²) in [7, 11) is 0. The summed E-state index contributed by atoms with van der Waals surface area (Å²) in [6.45, 7) is 5.05. The zero-order valence-corrected chi connectivity index (χ0v) is 14.4. The van der Waals surface area contributed by atoms with E-state index in [9.17, 15) is 0 Å². The smallest absolute Gasteiger partial charge is 0.0934 e. The van der Waals surface area contributed by atoms with Crippen LogP contribution in [-0.4, -0.2) is 17.1 Å². The quantitative estimate of drug-likeness (QED) is 0.761. The molecule has 0 spiro atoms. The molecule has 3 N–H and O–H groups in total. The molecule has 4 heteroatoms. The molecule has 0 aliphatic carbocycles. The van der Waals surface area contributed by atoms with Crippen LogP contribution in [0.25, 0.3) is 10.9 Å². The van der Waals surface area contributed by atoms with Gasteiger partial charge in [0.15, 0.2) is 0 Å². The molecule has 21 heavy (non-hydrogen) atoms. The van der Waals surface area contributed by atoms with Gasteiger partial charge < -0.3 is 11.1 Å². The number of nitrogens with one attached hydrogen (secondary N) is 1. The number of benzene rings is 1. The highest BCUT2D eigenvalue weighted by Gasteiger charge is 2.26. The second-order valence-corrected chi connectivity index (χ2v) is 6.51. The zero-order valence-electron chi connectivity index (χ0n) is 12.8. The van der Waals surface area contributed by atoms with Gasteiger partial charge in [0.1, 0.15) is 0 Å². The minimum absolute atomic E-state index is 0.0426. The highest BCUT2D eigenvalue weighted by molar-refractivity contribution is 9.10. The molecular weight excluding hydrogens is 326 g/mol. The predicted octanol–water partition coefficient (Wildman–Crippen LogP) is 4.71. The molecule has 1 unspecified atom stereocenters. The normalized spacial score (nSPS) is 14.1. The summed E-state index contributed by atoms with van der Waals surface area (Å²) >= 11 is 3.48. The lowest BCUT2D eigenvalue weighted by molar-refractivity contribution is 0.412. The Hall–Kier alpha value is -1.13. The van der Waals surface area contributed by atoms with Gasteiger partial charge in [-0.05, 0) is 40.9 Å². The number of hydrogen-bond donors (Lipinski definition) is 2. The number of nitrogens with zero attached hydrogens (tertiary/aromatic N) is 1. The van der Waals surface area contributed by atoms with Gasteiger partial charge in [-0.15, -0.1) is 0 Å². The maximum atomic E-state index is 6.08. The molecule has 0 aliphatic heterocycles. The Kier molecular flexibility index (Phi) is 5.59. The van der Waals surface area contributed by atoms with E-state index in [-0.39, 0.29) is 5.54 Å². The lowest BCUT2D eigenvalue weighted by atomic mass is 9.89. The number of fused-ring (bicyclic) bond motifs is 1. The maximum Gasteiger partial charge on any atom is 0.0934 e. The van der Waals surface area contributed by atoms with Gasteiger partial charge in [-0.2, -0.15) is 0 Å². The molecule has 2 rings (SSSR count). The van der Waals surface area contributed by atoms with Gasteiger partial charge in [0.25, 0.3) is 0 Å². The molecule has 0 saturated carbocycles. The van der Waals surface area contributed by atoms with Crippen LogP contribution in [0.15, 0.2) is 34.9 Å². The average molecular weight is 350 g/mol. The largest absolute Gasteiger partial charge is 0.377 e. The molecule has 1 atom stereocenters. The van der Waals surface area contributed by atoms with Crippen LogP contribution < -0.4 is 11.1 Å². The molecular formula is C17H24BrN3. The Bertz CT molecular complexity index is 594. The highest BCUT2D eigenvalue weighted by atomic mass is 79.9. The van der Waals surface area contributed by atoms with Crippen molar-refractivity contribution in [2.75, 3.05) is 11.9 Å². The van der Waals surface area contributed by atoms with Crippen molar-refractivity contribution in [3.8, 4) is 0 Å². The zero-order chi connectivity index (χ0) is 15.3. The van der Waals surface area contributed by atoms with Gasteiger partial charge in [0.05, 0.1) is 11.2 Å². The summed E-state index contributed by atoms with van der Waals surface area (Å²) in [5, 5.41) is 4.82. The van der Waals surface area contributed by atoms with Gasteiger partial charge in [-0.1, -0.05) is 38.8 Å². The van der Waals surface area contributed by atoms with E-state index in [1.54, 1.807) is 0 Å². The van der Waals surface area contributed by atoms with Crippen molar-refractivity contribution in [2.45, 2.75) is 45.1 Å². The van der Waals surface area contributed by atoms with Crippen LogP contribution in [-0.2, 0) is 0 Å². The first-order valence-electron chi connectivity index (χ1n) is 7.66. The van der Waals surface area contributed by atoms with E-state index in [1.807, 2.05) is 6.20 Å². The van der Waals surface area contributed by atoms with Gasteiger partial charge in [-0.25, -0.2) is 0 Å². The van der Waals surface area contributed by atoms with Crippen LogP contribution in [0.4, 0.5) is 5.69 Å². The number of unbranched alkanes of at least 4 members (excludes halogenated alkanes) is 1. The van der Waals surface area contributed by atoms with Crippen molar-refractivity contribution in [3.63, 3.8) is 0 Å². The summed E-state index contributed by atoms with van der Waals surface area (Å²) in [4.78, 5) is 4.56.